The van der Waals surface area contributed by atoms with Crippen molar-refractivity contribution in [2.45, 2.75) is 39.4 Å². The number of rotatable bonds is 7. The molecule has 0 bridgehead atoms. The van der Waals surface area contributed by atoms with E-state index in [1.54, 1.807) is 0 Å². The number of nitrogens with one attached hydrogen (secondary N) is 1. The number of hydrogen-bond acceptors (Lipinski definition) is 4. The summed E-state index contributed by atoms with van der Waals surface area (Å²) in [5, 5.41) is 3.25. The Labute approximate surface area is 126 Å². The van der Waals surface area contributed by atoms with E-state index in [2.05, 4.69) is 27.9 Å². The van der Waals surface area contributed by atoms with Gasteiger partial charge in [-0.15, -0.1) is 0 Å². The number of imidazole rings is 1. The molecule has 2 aromatic rings. The van der Waals surface area contributed by atoms with Crippen LogP contribution in [0.3, 0.4) is 0 Å². The van der Waals surface area contributed by atoms with Crippen molar-refractivity contribution in [2.24, 2.45) is 0 Å². The molecule has 0 saturated heterocycles. The van der Waals surface area contributed by atoms with Gasteiger partial charge in [0, 0.05) is 18.8 Å². The molecule has 5 nitrogen and oxygen atoms in total. The van der Waals surface area contributed by atoms with E-state index >= 15 is 0 Å². The Bertz CT molecular complexity index is 707. The molecule has 0 amide bonds. The smallest absolute Gasteiger partial charge is 0.148 e. The molecule has 1 N–H and O–H groups in total. The lowest BCUT2D eigenvalue weighted by Gasteiger charge is -2.13. The van der Waals surface area contributed by atoms with Crippen molar-refractivity contribution in [3.63, 3.8) is 0 Å². The van der Waals surface area contributed by atoms with E-state index in [1.165, 1.54) is 6.26 Å². The second-order valence-corrected chi connectivity index (χ2v) is 7.73. The molecule has 0 spiro atoms. The molecular weight excluding hydrogens is 286 g/mol. The molecule has 116 valence electrons. The first kappa shape index (κ1) is 16.0. The Morgan fingerprint density at radius 3 is 2.71 bits per heavy atom. The SMILES string of the molecule is CCCn1c(CNC(C)CS(C)(=O)=O)nc2ccccc21. The van der Waals surface area contributed by atoms with Gasteiger partial charge in [0.2, 0.25) is 0 Å². The van der Waals surface area contributed by atoms with Crippen LogP contribution in [0.5, 0.6) is 0 Å². The van der Waals surface area contributed by atoms with E-state index in [-0.39, 0.29) is 11.8 Å². The quantitative estimate of drug-likeness (QED) is 0.849. The molecular formula is C15H23N3O2S. The minimum absolute atomic E-state index is 0.0881. The van der Waals surface area contributed by atoms with Gasteiger partial charge in [-0.1, -0.05) is 19.1 Å². The van der Waals surface area contributed by atoms with E-state index in [9.17, 15) is 8.42 Å². The Kier molecular flexibility index (Phi) is 5.00. The topological polar surface area (TPSA) is 64.0 Å². The molecule has 0 radical (unpaired) electrons. The van der Waals surface area contributed by atoms with Crippen molar-refractivity contribution in [2.75, 3.05) is 12.0 Å². The molecule has 0 aliphatic heterocycles. The highest BCUT2D eigenvalue weighted by molar-refractivity contribution is 7.90. The van der Waals surface area contributed by atoms with Crippen LogP contribution in [0.4, 0.5) is 0 Å². The lowest BCUT2D eigenvalue weighted by molar-refractivity contribution is 0.535. The molecule has 0 aliphatic rings. The van der Waals surface area contributed by atoms with Crippen LogP contribution in [0, 0.1) is 0 Å². The van der Waals surface area contributed by atoms with Crippen LogP contribution in [-0.4, -0.2) is 36.0 Å². The molecule has 21 heavy (non-hydrogen) atoms. The van der Waals surface area contributed by atoms with Crippen molar-refractivity contribution in [1.82, 2.24) is 14.9 Å². The molecule has 1 unspecified atom stereocenters. The van der Waals surface area contributed by atoms with Crippen molar-refractivity contribution >= 4 is 20.9 Å². The number of aromatic nitrogens is 2. The Morgan fingerprint density at radius 1 is 1.33 bits per heavy atom. The highest BCUT2D eigenvalue weighted by Gasteiger charge is 2.13. The highest BCUT2D eigenvalue weighted by atomic mass is 32.2. The molecule has 6 heteroatoms. The number of nitrogens with zero attached hydrogens (tertiary/aromatic N) is 2. The van der Waals surface area contributed by atoms with Gasteiger partial charge in [-0.2, -0.15) is 0 Å². The largest absolute Gasteiger partial charge is 0.327 e. The van der Waals surface area contributed by atoms with Crippen LogP contribution in [0.2, 0.25) is 0 Å². The molecule has 1 atom stereocenters. The summed E-state index contributed by atoms with van der Waals surface area (Å²) < 4.78 is 24.8. The highest BCUT2D eigenvalue weighted by Crippen LogP contribution is 2.16. The maximum absolute atomic E-state index is 11.3. The van der Waals surface area contributed by atoms with E-state index in [4.69, 9.17) is 0 Å². The number of hydrogen-bond donors (Lipinski definition) is 1. The number of para-hydroxylation sites is 2. The summed E-state index contributed by atoms with van der Waals surface area (Å²) in [5.74, 6) is 1.10. The Balaban J connectivity index is 2.16. The summed E-state index contributed by atoms with van der Waals surface area (Å²) in [6.07, 6.45) is 2.30. The summed E-state index contributed by atoms with van der Waals surface area (Å²) in [6, 6.07) is 7.98. The van der Waals surface area contributed by atoms with Gasteiger partial charge in [-0.05, 0) is 25.5 Å². The third-order valence-electron chi connectivity index (χ3n) is 3.34. The fourth-order valence-electron chi connectivity index (χ4n) is 2.51. The lowest BCUT2D eigenvalue weighted by Crippen LogP contribution is -2.33. The van der Waals surface area contributed by atoms with Gasteiger partial charge in [0.05, 0.1) is 23.3 Å². The van der Waals surface area contributed by atoms with E-state index in [0.717, 1.165) is 29.8 Å². The van der Waals surface area contributed by atoms with E-state index < -0.39 is 9.84 Å². The second kappa shape index (κ2) is 6.58. The van der Waals surface area contributed by atoms with Crippen LogP contribution in [0.25, 0.3) is 11.0 Å². The summed E-state index contributed by atoms with van der Waals surface area (Å²) in [4.78, 5) is 4.65. The first-order chi connectivity index (χ1) is 9.90. The molecule has 0 fully saturated rings. The molecule has 0 aliphatic carbocycles. The van der Waals surface area contributed by atoms with Gasteiger partial charge in [0.15, 0.2) is 0 Å². The minimum Gasteiger partial charge on any atom is -0.327 e. The second-order valence-electron chi connectivity index (χ2n) is 5.54. The third-order valence-corrected chi connectivity index (χ3v) is 4.45. The Hall–Kier alpha value is -1.40. The average molecular weight is 309 g/mol. The van der Waals surface area contributed by atoms with Gasteiger partial charge in [0.25, 0.3) is 0 Å². The summed E-state index contributed by atoms with van der Waals surface area (Å²) in [5.41, 5.74) is 2.12. The molecule has 1 heterocycles. The average Bonchev–Trinajstić information content (AvgIpc) is 2.73. The fraction of sp³-hybridized carbons (Fsp3) is 0.533. The van der Waals surface area contributed by atoms with Gasteiger partial charge < -0.3 is 9.88 Å². The third kappa shape index (κ3) is 4.28. The molecule has 1 aromatic carbocycles. The van der Waals surface area contributed by atoms with Crippen molar-refractivity contribution in [3.05, 3.63) is 30.1 Å². The zero-order chi connectivity index (χ0) is 15.5. The van der Waals surface area contributed by atoms with Crippen LogP contribution >= 0.6 is 0 Å². The maximum atomic E-state index is 11.3. The van der Waals surface area contributed by atoms with Crippen LogP contribution < -0.4 is 5.32 Å². The first-order valence-electron chi connectivity index (χ1n) is 7.26. The zero-order valence-electron chi connectivity index (χ0n) is 12.8. The van der Waals surface area contributed by atoms with Gasteiger partial charge in [-0.25, -0.2) is 13.4 Å². The number of sulfone groups is 1. The first-order valence-corrected chi connectivity index (χ1v) is 9.32. The predicted molar refractivity (Wildman–Crippen MR) is 86.0 cm³/mol. The van der Waals surface area contributed by atoms with Crippen molar-refractivity contribution < 1.29 is 8.42 Å². The van der Waals surface area contributed by atoms with Gasteiger partial charge >= 0.3 is 0 Å². The fourth-order valence-corrected chi connectivity index (χ4v) is 3.54. The predicted octanol–water partition coefficient (Wildman–Crippen LogP) is 1.97. The summed E-state index contributed by atoms with van der Waals surface area (Å²) >= 11 is 0. The van der Waals surface area contributed by atoms with Crippen LogP contribution in [-0.2, 0) is 22.9 Å². The normalized spacial score (nSPS) is 13.7. The number of fused-ring (bicyclic) bond motifs is 1. The monoisotopic (exact) mass is 309 g/mol. The van der Waals surface area contributed by atoms with Gasteiger partial charge in [-0.3, -0.25) is 0 Å². The maximum Gasteiger partial charge on any atom is 0.148 e. The number of benzene rings is 1. The Morgan fingerprint density at radius 2 is 2.05 bits per heavy atom. The minimum atomic E-state index is -2.96. The van der Waals surface area contributed by atoms with Crippen LogP contribution in [0.1, 0.15) is 26.1 Å². The van der Waals surface area contributed by atoms with Gasteiger partial charge in [0.1, 0.15) is 15.7 Å². The van der Waals surface area contributed by atoms with Crippen molar-refractivity contribution in [3.8, 4) is 0 Å². The molecule has 1 aromatic heterocycles. The van der Waals surface area contributed by atoms with Crippen LogP contribution in [0.15, 0.2) is 24.3 Å². The standard InChI is InChI=1S/C15H23N3O2S/c1-4-9-18-14-8-6-5-7-13(14)17-15(18)10-16-12(2)11-21(3,19)20/h5-8,12,16H,4,9-11H2,1-3H3. The lowest BCUT2D eigenvalue weighted by atomic mass is 10.3. The summed E-state index contributed by atoms with van der Waals surface area (Å²) in [6.45, 7) is 5.51. The summed E-state index contributed by atoms with van der Waals surface area (Å²) in [7, 11) is -2.96. The van der Waals surface area contributed by atoms with Crippen molar-refractivity contribution in [1.29, 1.82) is 0 Å². The zero-order valence-corrected chi connectivity index (χ0v) is 13.7. The van der Waals surface area contributed by atoms with E-state index in [0.29, 0.717) is 6.54 Å². The molecule has 2 rings (SSSR count). The number of aryl methyl sites for hydroxylation is 1. The molecule has 0 saturated carbocycles. The van der Waals surface area contributed by atoms with E-state index in [1.807, 2.05) is 25.1 Å².